The summed E-state index contributed by atoms with van der Waals surface area (Å²) in [6, 6.07) is 5.43. The zero-order valence-electron chi connectivity index (χ0n) is 7.59. The molecule has 13 heavy (non-hydrogen) atoms. The smallest absolute Gasteiger partial charge is 0.249 e. The van der Waals surface area contributed by atoms with Crippen LogP contribution in [0.1, 0.15) is 27.0 Å². The van der Waals surface area contributed by atoms with Gasteiger partial charge < -0.3 is 5.73 Å². The largest absolute Gasteiger partial charge is 0.366 e. The summed E-state index contributed by atoms with van der Waals surface area (Å²) < 4.78 is 0. The van der Waals surface area contributed by atoms with Crippen molar-refractivity contribution >= 4 is 5.91 Å². The summed E-state index contributed by atoms with van der Waals surface area (Å²) in [6.07, 6.45) is 0. The van der Waals surface area contributed by atoms with E-state index in [4.69, 9.17) is 11.0 Å². The molecule has 0 aliphatic heterocycles. The van der Waals surface area contributed by atoms with Gasteiger partial charge in [0.1, 0.15) is 0 Å². The number of nitrogens with two attached hydrogens (primary N) is 1. The first-order valence-corrected chi connectivity index (χ1v) is 3.88. The summed E-state index contributed by atoms with van der Waals surface area (Å²) in [5.41, 5.74) is 7.62. The molecule has 0 aliphatic carbocycles. The van der Waals surface area contributed by atoms with E-state index in [9.17, 15) is 4.79 Å². The molecule has 1 aromatic carbocycles. The van der Waals surface area contributed by atoms with Crippen LogP contribution in [0.2, 0.25) is 0 Å². The summed E-state index contributed by atoms with van der Waals surface area (Å²) in [4.78, 5) is 11.0. The maximum absolute atomic E-state index is 11.0. The Morgan fingerprint density at radius 3 is 2.54 bits per heavy atom. The fraction of sp³-hybridized carbons (Fsp3) is 0.200. The van der Waals surface area contributed by atoms with E-state index >= 15 is 0 Å². The van der Waals surface area contributed by atoms with Gasteiger partial charge in [0.2, 0.25) is 5.91 Å². The van der Waals surface area contributed by atoms with Crippen LogP contribution in [0.5, 0.6) is 0 Å². The van der Waals surface area contributed by atoms with Crippen LogP contribution in [0.3, 0.4) is 0 Å². The first kappa shape index (κ1) is 9.27. The van der Waals surface area contributed by atoms with Gasteiger partial charge in [-0.1, -0.05) is 6.07 Å². The Hall–Kier alpha value is -1.82. The van der Waals surface area contributed by atoms with Crippen molar-refractivity contribution in [3.8, 4) is 6.07 Å². The van der Waals surface area contributed by atoms with Gasteiger partial charge in [0.15, 0.2) is 0 Å². The average molecular weight is 174 g/mol. The van der Waals surface area contributed by atoms with Gasteiger partial charge in [-0.15, -0.1) is 0 Å². The van der Waals surface area contributed by atoms with Crippen LogP contribution in [0, 0.1) is 25.2 Å². The number of amides is 1. The second-order valence-electron chi connectivity index (χ2n) is 2.91. The monoisotopic (exact) mass is 174 g/mol. The lowest BCUT2D eigenvalue weighted by Crippen LogP contribution is -2.15. The Balaban J connectivity index is 3.50. The Labute approximate surface area is 76.8 Å². The van der Waals surface area contributed by atoms with Crippen molar-refractivity contribution in [3.05, 3.63) is 34.4 Å². The van der Waals surface area contributed by atoms with Crippen molar-refractivity contribution in [3.63, 3.8) is 0 Å². The number of hydrogen-bond donors (Lipinski definition) is 1. The minimum atomic E-state index is -0.480. The molecular formula is C10H10N2O. The lowest BCUT2D eigenvalue weighted by molar-refractivity contribution is 0.0999. The minimum absolute atomic E-state index is 0.457. The molecule has 0 spiro atoms. The van der Waals surface area contributed by atoms with Crippen molar-refractivity contribution < 1.29 is 4.79 Å². The highest BCUT2D eigenvalue weighted by molar-refractivity contribution is 5.96. The molecule has 0 radical (unpaired) electrons. The maximum atomic E-state index is 11.0. The molecule has 0 aromatic heterocycles. The lowest BCUT2D eigenvalue weighted by Gasteiger charge is -2.06. The molecule has 0 atom stereocenters. The molecule has 66 valence electrons. The van der Waals surface area contributed by atoms with Gasteiger partial charge in [-0.2, -0.15) is 5.26 Å². The predicted molar refractivity (Wildman–Crippen MR) is 49.1 cm³/mol. The normalized spacial score (nSPS) is 9.31. The number of carbonyl (C=O) groups is 1. The van der Waals surface area contributed by atoms with E-state index in [0.29, 0.717) is 16.7 Å². The Morgan fingerprint density at radius 2 is 2.08 bits per heavy atom. The average Bonchev–Trinajstić information content (AvgIpc) is 2.04. The van der Waals surface area contributed by atoms with Gasteiger partial charge >= 0.3 is 0 Å². The molecule has 3 nitrogen and oxygen atoms in total. The third-order valence-corrected chi connectivity index (χ3v) is 2.04. The highest BCUT2D eigenvalue weighted by atomic mass is 16.1. The highest BCUT2D eigenvalue weighted by Crippen LogP contribution is 2.16. The lowest BCUT2D eigenvalue weighted by atomic mass is 9.98. The number of aryl methyl sites for hydroxylation is 1. The summed E-state index contributed by atoms with van der Waals surface area (Å²) in [5, 5.41) is 8.71. The summed E-state index contributed by atoms with van der Waals surface area (Å²) in [6.45, 7) is 3.53. The molecule has 0 saturated carbocycles. The van der Waals surface area contributed by atoms with Crippen molar-refractivity contribution in [2.24, 2.45) is 5.73 Å². The first-order chi connectivity index (χ1) is 6.07. The van der Waals surface area contributed by atoms with Crippen LogP contribution in [-0.4, -0.2) is 5.91 Å². The van der Waals surface area contributed by atoms with Crippen LogP contribution >= 0.6 is 0 Å². The van der Waals surface area contributed by atoms with Crippen LogP contribution in [0.25, 0.3) is 0 Å². The second-order valence-corrected chi connectivity index (χ2v) is 2.91. The van der Waals surface area contributed by atoms with Crippen LogP contribution < -0.4 is 5.73 Å². The van der Waals surface area contributed by atoms with Gasteiger partial charge in [-0.05, 0) is 31.0 Å². The van der Waals surface area contributed by atoms with Crippen molar-refractivity contribution in [1.29, 1.82) is 5.26 Å². The molecular weight excluding hydrogens is 164 g/mol. The number of nitrogens with zero attached hydrogens (tertiary/aromatic N) is 1. The zero-order chi connectivity index (χ0) is 10.0. The van der Waals surface area contributed by atoms with E-state index in [2.05, 4.69) is 0 Å². The van der Waals surface area contributed by atoms with Gasteiger partial charge in [0.05, 0.1) is 11.6 Å². The Morgan fingerprint density at radius 1 is 1.46 bits per heavy atom. The van der Waals surface area contributed by atoms with Crippen molar-refractivity contribution in [2.75, 3.05) is 0 Å². The summed E-state index contributed by atoms with van der Waals surface area (Å²) >= 11 is 0. The molecule has 0 fully saturated rings. The van der Waals surface area contributed by atoms with Crippen LogP contribution in [-0.2, 0) is 0 Å². The fourth-order valence-corrected chi connectivity index (χ4v) is 1.35. The molecule has 0 unspecified atom stereocenters. The topological polar surface area (TPSA) is 66.9 Å². The molecule has 3 heteroatoms. The van der Waals surface area contributed by atoms with Crippen LogP contribution in [0.4, 0.5) is 0 Å². The Kier molecular flexibility index (Phi) is 2.34. The van der Waals surface area contributed by atoms with Gasteiger partial charge in [0, 0.05) is 5.56 Å². The molecule has 0 heterocycles. The van der Waals surface area contributed by atoms with E-state index in [0.717, 1.165) is 5.56 Å². The molecule has 0 aliphatic rings. The summed E-state index contributed by atoms with van der Waals surface area (Å²) in [7, 11) is 0. The zero-order valence-corrected chi connectivity index (χ0v) is 7.59. The van der Waals surface area contributed by atoms with E-state index in [1.807, 2.05) is 6.07 Å². The van der Waals surface area contributed by atoms with Gasteiger partial charge in [0.25, 0.3) is 0 Å². The van der Waals surface area contributed by atoms with E-state index in [1.54, 1.807) is 26.0 Å². The quantitative estimate of drug-likeness (QED) is 0.696. The number of carbonyl (C=O) groups excluding carboxylic acids is 1. The standard InChI is InChI=1S/C10H10N2O/c1-6-3-4-8(5-11)7(2)9(6)10(12)13/h3-4H,1-2H3,(H2,12,13). The number of rotatable bonds is 1. The maximum Gasteiger partial charge on any atom is 0.249 e. The highest BCUT2D eigenvalue weighted by Gasteiger charge is 2.11. The van der Waals surface area contributed by atoms with E-state index in [1.165, 1.54) is 0 Å². The molecule has 1 amide bonds. The summed E-state index contributed by atoms with van der Waals surface area (Å²) in [5.74, 6) is -0.480. The first-order valence-electron chi connectivity index (χ1n) is 3.88. The van der Waals surface area contributed by atoms with Crippen molar-refractivity contribution in [2.45, 2.75) is 13.8 Å². The third-order valence-electron chi connectivity index (χ3n) is 2.04. The number of benzene rings is 1. The van der Waals surface area contributed by atoms with Crippen molar-refractivity contribution in [1.82, 2.24) is 0 Å². The van der Waals surface area contributed by atoms with E-state index < -0.39 is 5.91 Å². The second kappa shape index (κ2) is 3.28. The molecule has 0 saturated heterocycles. The van der Waals surface area contributed by atoms with Gasteiger partial charge in [-0.25, -0.2) is 0 Å². The minimum Gasteiger partial charge on any atom is -0.366 e. The molecule has 2 N–H and O–H groups in total. The van der Waals surface area contributed by atoms with Crippen LogP contribution in [0.15, 0.2) is 12.1 Å². The molecule has 1 rings (SSSR count). The fourth-order valence-electron chi connectivity index (χ4n) is 1.35. The van der Waals surface area contributed by atoms with E-state index in [-0.39, 0.29) is 0 Å². The SMILES string of the molecule is Cc1ccc(C#N)c(C)c1C(N)=O. The number of primary amides is 1. The number of hydrogen-bond acceptors (Lipinski definition) is 2. The molecule has 0 bridgehead atoms. The number of nitriles is 1. The van der Waals surface area contributed by atoms with Gasteiger partial charge in [-0.3, -0.25) is 4.79 Å². The Bertz CT molecular complexity index is 402. The molecule has 1 aromatic rings. The predicted octanol–water partition coefficient (Wildman–Crippen LogP) is 1.27. The third kappa shape index (κ3) is 1.52.